The molecule has 0 bridgehead atoms. The Labute approximate surface area is 323 Å². The van der Waals surface area contributed by atoms with E-state index in [2.05, 4.69) is 205 Å². The van der Waals surface area contributed by atoms with Gasteiger partial charge >= 0.3 is 283 Å². The third-order valence-corrected chi connectivity index (χ3v) is 21.5. The normalized spacial score (nSPS) is 13.3. The van der Waals surface area contributed by atoms with Crippen LogP contribution in [0.15, 0.2) is 164 Å². The van der Waals surface area contributed by atoms with Gasteiger partial charge in [0.05, 0.1) is 0 Å². The third-order valence-electron chi connectivity index (χ3n) is 11.5. The van der Waals surface area contributed by atoms with Gasteiger partial charge in [-0.25, -0.2) is 0 Å². The predicted octanol–water partition coefficient (Wildman–Crippen LogP) is 8.05. The Bertz CT molecular complexity index is 2330. The molecule has 2 nitrogen and oxygen atoms in total. The Balaban J connectivity index is 1.25. The van der Waals surface area contributed by atoms with Crippen LogP contribution in [0, 0.1) is 0 Å². The van der Waals surface area contributed by atoms with Crippen LogP contribution in [0.1, 0.15) is 52.7 Å². The first-order valence-electron chi connectivity index (χ1n) is 19.1. The molecule has 0 N–H and O–H groups in total. The summed E-state index contributed by atoms with van der Waals surface area (Å²) in [5.41, 5.74) is 8.36. The van der Waals surface area contributed by atoms with Crippen LogP contribution in [-0.2, 0) is 10.8 Å². The van der Waals surface area contributed by atoms with Crippen molar-refractivity contribution in [1.82, 2.24) is 0 Å². The molecule has 54 heavy (non-hydrogen) atoms. The first kappa shape index (κ1) is 34.5. The van der Waals surface area contributed by atoms with Crippen molar-refractivity contribution in [1.29, 1.82) is 0 Å². The number of hydrogen-bond donors (Lipinski definition) is 0. The molecule has 7 aromatic carbocycles. The van der Waals surface area contributed by atoms with E-state index in [0.717, 1.165) is 39.6 Å². The van der Waals surface area contributed by atoms with Crippen LogP contribution in [0.2, 0.25) is 0 Å². The van der Waals surface area contributed by atoms with Crippen molar-refractivity contribution in [3.05, 3.63) is 175 Å². The monoisotopic (exact) mass is 762 g/mol. The number of rotatable bonds is 5. The van der Waals surface area contributed by atoms with Crippen LogP contribution in [0.4, 0.5) is 0 Å². The van der Waals surface area contributed by atoms with Gasteiger partial charge in [-0.1, -0.05) is 41.5 Å². The average Bonchev–Trinajstić information content (AvgIpc) is 3.18. The standard InChI is InChI=1S/C50H45BGeO2/c1-49(2,3)36-25-27-44-42(32-36)51-43-33-37(50(4,5)6)26-28-45(43)54-47-31-35(30-46(53-44)48(47)51)34-17-16-24-41(29-34)52(38-18-10-7-11-19-38,39-20-12-8-13-21-39)40-22-14-9-15-23-40/h7-33H,1-6H3. The summed E-state index contributed by atoms with van der Waals surface area (Å²) < 4.78 is 19.4. The van der Waals surface area contributed by atoms with Crippen LogP contribution in [0.25, 0.3) is 11.1 Å². The van der Waals surface area contributed by atoms with Gasteiger partial charge in [-0.05, 0) is 0 Å². The molecule has 0 saturated carbocycles. The van der Waals surface area contributed by atoms with E-state index in [1.807, 2.05) is 0 Å². The Morgan fingerprint density at radius 1 is 0.389 bits per heavy atom. The summed E-state index contributed by atoms with van der Waals surface area (Å²) in [4.78, 5) is 0. The topological polar surface area (TPSA) is 18.5 Å². The van der Waals surface area contributed by atoms with Crippen molar-refractivity contribution < 1.29 is 9.47 Å². The number of hydrogen-bond acceptors (Lipinski definition) is 2. The molecule has 0 aromatic heterocycles. The molecule has 7 aromatic rings. The summed E-state index contributed by atoms with van der Waals surface area (Å²) in [6, 6.07) is 60.8. The van der Waals surface area contributed by atoms with E-state index in [0.29, 0.717) is 0 Å². The molecule has 0 spiro atoms. The fourth-order valence-corrected chi connectivity index (χ4v) is 18.7. The Morgan fingerprint density at radius 3 is 1.24 bits per heavy atom. The first-order valence-corrected chi connectivity index (χ1v) is 23.3. The first-order chi connectivity index (χ1) is 26.0. The van der Waals surface area contributed by atoms with Crippen molar-refractivity contribution >= 4 is 54.0 Å². The molecular weight excluding hydrogens is 716 g/mol. The molecule has 2 aliphatic heterocycles. The SMILES string of the molecule is CC(C)(C)c1ccc2c(c1)B1c3cc(C(C)(C)C)ccc3Oc3cc(-c4ccc[c]([Ge]([c]5ccccc5)([c]5ccccc5)[c]5ccccc5)c4)cc(c31)O2. The molecule has 4 heteroatoms. The summed E-state index contributed by atoms with van der Waals surface area (Å²) in [6.45, 7) is 13.7. The van der Waals surface area contributed by atoms with Gasteiger partial charge in [-0.2, -0.15) is 0 Å². The molecule has 264 valence electrons. The van der Waals surface area contributed by atoms with Crippen molar-refractivity contribution in [2.45, 2.75) is 52.4 Å². The van der Waals surface area contributed by atoms with E-state index in [9.17, 15) is 0 Å². The molecule has 9 rings (SSSR count). The Kier molecular flexibility index (Phi) is 8.28. The molecule has 0 radical (unpaired) electrons. The molecule has 0 amide bonds. The van der Waals surface area contributed by atoms with Crippen LogP contribution >= 0.6 is 0 Å². The Hall–Kier alpha value is -5.25. The minimum absolute atomic E-state index is 0.00405. The summed E-state index contributed by atoms with van der Waals surface area (Å²) in [5.74, 6) is 3.56. The second kappa shape index (κ2) is 13.0. The average molecular weight is 761 g/mol. The number of benzene rings is 7. The van der Waals surface area contributed by atoms with Gasteiger partial charge in [0.15, 0.2) is 0 Å². The molecule has 2 aliphatic rings. The zero-order valence-corrected chi connectivity index (χ0v) is 34.1. The molecule has 0 fully saturated rings. The van der Waals surface area contributed by atoms with Crippen LogP contribution in [0.5, 0.6) is 23.0 Å². The van der Waals surface area contributed by atoms with Gasteiger partial charge in [0.25, 0.3) is 0 Å². The summed E-state index contributed by atoms with van der Waals surface area (Å²) >= 11 is -3.47. The molecule has 0 unspecified atom stereocenters. The van der Waals surface area contributed by atoms with Gasteiger partial charge < -0.3 is 0 Å². The zero-order valence-electron chi connectivity index (χ0n) is 32.0. The molecule has 2 heterocycles. The molecule has 0 aliphatic carbocycles. The van der Waals surface area contributed by atoms with Crippen molar-refractivity contribution in [2.24, 2.45) is 0 Å². The maximum absolute atomic E-state index is 6.90. The fourth-order valence-electron chi connectivity index (χ4n) is 8.60. The van der Waals surface area contributed by atoms with Crippen molar-refractivity contribution in [3.63, 3.8) is 0 Å². The molecule has 0 saturated heterocycles. The summed E-state index contributed by atoms with van der Waals surface area (Å²) in [5, 5.41) is 0. The fraction of sp³-hybridized carbons (Fsp3) is 0.160. The Morgan fingerprint density at radius 2 is 0.815 bits per heavy atom. The quantitative estimate of drug-likeness (QED) is 0.166. The van der Waals surface area contributed by atoms with Crippen molar-refractivity contribution in [2.75, 3.05) is 0 Å². The summed E-state index contributed by atoms with van der Waals surface area (Å²) in [6.07, 6.45) is 0. The third kappa shape index (κ3) is 5.72. The van der Waals surface area contributed by atoms with Crippen LogP contribution in [0.3, 0.4) is 0 Å². The van der Waals surface area contributed by atoms with E-state index < -0.39 is 13.3 Å². The van der Waals surface area contributed by atoms with Gasteiger partial charge in [0.2, 0.25) is 0 Å². The predicted molar refractivity (Wildman–Crippen MR) is 231 cm³/mol. The van der Waals surface area contributed by atoms with Gasteiger partial charge in [-0.3, -0.25) is 0 Å². The van der Waals surface area contributed by atoms with Gasteiger partial charge in [0.1, 0.15) is 0 Å². The van der Waals surface area contributed by atoms with Gasteiger partial charge in [-0.15, -0.1) is 0 Å². The second-order valence-corrected chi connectivity index (χ2v) is 24.9. The van der Waals surface area contributed by atoms with E-state index >= 15 is 0 Å². The second-order valence-electron chi connectivity index (χ2n) is 17.0. The zero-order chi connectivity index (χ0) is 37.2. The van der Waals surface area contributed by atoms with E-state index in [4.69, 9.17) is 9.47 Å². The maximum atomic E-state index is 6.90. The minimum atomic E-state index is -3.47. The van der Waals surface area contributed by atoms with Crippen LogP contribution in [-0.4, -0.2) is 20.0 Å². The van der Waals surface area contributed by atoms with E-state index in [1.54, 1.807) is 0 Å². The number of fused-ring (bicyclic) bond motifs is 4. The van der Waals surface area contributed by atoms with Crippen LogP contribution < -0.4 is 43.4 Å². The summed E-state index contributed by atoms with van der Waals surface area (Å²) in [7, 11) is 0. The van der Waals surface area contributed by atoms with E-state index in [1.165, 1.54) is 39.6 Å². The molecule has 0 atom stereocenters. The van der Waals surface area contributed by atoms with Crippen molar-refractivity contribution in [3.8, 4) is 34.1 Å². The van der Waals surface area contributed by atoms with E-state index in [-0.39, 0.29) is 17.5 Å². The molecular formula is C50H45BGeO2. The van der Waals surface area contributed by atoms with Gasteiger partial charge in [0, 0.05) is 0 Å². The number of ether oxygens (including phenoxy) is 2.